The minimum absolute atomic E-state index is 0.0885. The molecule has 0 atom stereocenters. The van der Waals surface area contributed by atoms with Crippen LogP contribution in [0.1, 0.15) is 21.5 Å². The third kappa shape index (κ3) is 4.11. The van der Waals surface area contributed by atoms with Crippen molar-refractivity contribution in [2.24, 2.45) is 0 Å². The Balaban J connectivity index is 1.47. The molecule has 0 bridgehead atoms. The molecule has 0 aliphatic carbocycles. The van der Waals surface area contributed by atoms with Gasteiger partial charge in [-0.05, 0) is 29.8 Å². The van der Waals surface area contributed by atoms with Crippen molar-refractivity contribution < 1.29 is 9.53 Å². The summed E-state index contributed by atoms with van der Waals surface area (Å²) >= 11 is 0. The van der Waals surface area contributed by atoms with Gasteiger partial charge in [-0.25, -0.2) is 0 Å². The van der Waals surface area contributed by atoms with Crippen molar-refractivity contribution in [1.82, 2.24) is 5.32 Å². The van der Waals surface area contributed by atoms with E-state index in [1.54, 1.807) is 0 Å². The summed E-state index contributed by atoms with van der Waals surface area (Å²) in [6.07, 6.45) is 0. The maximum atomic E-state index is 12.5. The summed E-state index contributed by atoms with van der Waals surface area (Å²) in [6, 6.07) is 25.9. The van der Waals surface area contributed by atoms with Gasteiger partial charge < -0.3 is 15.0 Å². The Kier molecular flexibility index (Phi) is 5.06. The Labute approximate surface area is 159 Å². The number of ether oxygens (including phenoxy) is 1. The van der Waals surface area contributed by atoms with Gasteiger partial charge in [0.2, 0.25) is 0 Å². The van der Waals surface area contributed by atoms with Crippen LogP contribution < -0.4 is 15.0 Å². The Morgan fingerprint density at radius 1 is 0.963 bits per heavy atom. The number of carbonyl (C=O) groups excluding carboxylic acids is 1. The molecular weight excluding hydrogens is 336 g/mol. The summed E-state index contributed by atoms with van der Waals surface area (Å²) < 4.78 is 5.93. The Hall–Kier alpha value is -3.27. The Morgan fingerprint density at radius 3 is 2.48 bits per heavy atom. The molecule has 1 aliphatic rings. The number of nitrogens with one attached hydrogen (secondary N) is 1. The van der Waals surface area contributed by atoms with Crippen molar-refractivity contribution in [1.29, 1.82) is 0 Å². The lowest BCUT2D eigenvalue weighted by molar-refractivity contribution is 0.0950. The largest absolute Gasteiger partial charge is 0.491 e. The molecule has 1 amide bonds. The quantitative estimate of drug-likeness (QED) is 0.766. The molecule has 0 unspecified atom stereocenters. The van der Waals surface area contributed by atoms with Gasteiger partial charge in [-0.15, -0.1) is 0 Å². The highest BCUT2D eigenvalue weighted by atomic mass is 16.5. The second-order valence-corrected chi connectivity index (χ2v) is 6.60. The zero-order chi connectivity index (χ0) is 18.5. The van der Waals surface area contributed by atoms with Crippen LogP contribution in [0, 0.1) is 0 Å². The van der Waals surface area contributed by atoms with E-state index in [1.807, 2.05) is 66.7 Å². The first-order valence-corrected chi connectivity index (χ1v) is 9.17. The minimum Gasteiger partial charge on any atom is -0.491 e. The number of hydrogen-bond donors (Lipinski definition) is 1. The maximum Gasteiger partial charge on any atom is 0.251 e. The van der Waals surface area contributed by atoms with E-state index in [0.717, 1.165) is 30.0 Å². The van der Waals surface area contributed by atoms with Gasteiger partial charge in [0.25, 0.3) is 5.91 Å². The van der Waals surface area contributed by atoms with Crippen molar-refractivity contribution in [3.05, 3.63) is 95.6 Å². The van der Waals surface area contributed by atoms with Crippen LogP contribution in [-0.4, -0.2) is 19.1 Å². The van der Waals surface area contributed by atoms with E-state index in [9.17, 15) is 4.79 Å². The first-order chi connectivity index (χ1) is 13.3. The van der Waals surface area contributed by atoms with E-state index >= 15 is 0 Å². The molecule has 4 heteroatoms. The van der Waals surface area contributed by atoms with Crippen molar-refractivity contribution in [2.75, 3.05) is 18.1 Å². The van der Waals surface area contributed by atoms with Crippen molar-refractivity contribution in [3.63, 3.8) is 0 Å². The molecule has 0 aromatic heterocycles. The van der Waals surface area contributed by atoms with E-state index < -0.39 is 0 Å². The summed E-state index contributed by atoms with van der Waals surface area (Å²) in [5, 5.41) is 2.97. The molecule has 136 valence electrons. The number of anilines is 1. The van der Waals surface area contributed by atoms with Crippen LogP contribution in [0.4, 0.5) is 5.69 Å². The van der Waals surface area contributed by atoms with Crippen LogP contribution in [0.5, 0.6) is 5.75 Å². The molecule has 27 heavy (non-hydrogen) atoms. The van der Waals surface area contributed by atoms with Gasteiger partial charge in [0.1, 0.15) is 12.4 Å². The zero-order valence-corrected chi connectivity index (χ0v) is 15.1. The SMILES string of the molecule is O=C(NCc1ccccc1)c1ccc2c(c1)OCCN(c1ccccc1)C2. The summed E-state index contributed by atoms with van der Waals surface area (Å²) in [5.74, 6) is 0.704. The Morgan fingerprint density at radius 2 is 1.70 bits per heavy atom. The molecule has 3 aromatic carbocycles. The van der Waals surface area contributed by atoms with Crippen molar-refractivity contribution in [2.45, 2.75) is 13.1 Å². The molecule has 0 radical (unpaired) electrons. The number of nitrogens with zero attached hydrogens (tertiary/aromatic N) is 1. The number of rotatable bonds is 4. The van der Waals surface area contributed by atoms with Gasteiger partial charge in [-0.3, -0.25) is 4.79 Å². The highest BCUT2D eigenvalue weighted by Crippen LogP contribution is 2.27. The molecule has 4 nitrogen and oxygen atoms in total. The van der Waals surface area contributed by atoms with E-state index in [4.69, 9.17) is 4.74 Å². The zero-order valence-electron chi connectivity index (χ0n) is 15.1. The number of para-hydroxylation sites is 1. The molecule has 0 spiro atoms. The molecule has 4 rings (SSSR count). The van der Waals surface area contributed by atoms with Gasteiger partial charge >= 0.3 is 0 Å². The predicted octanol–water partition coefficient (Wildman–Crippen LogP) is 4.02. The summed E-state index contributed by atoms with van der Waals surface area (Å²) in [7, 11) is 0. The normalized spacial score (nSPS) is 13.3. The van der Waals surface area contributed by atoms with E-state index in [-0.39, 0.29) is 5.91 Å². The molecule has 1 heterocycles. The number of hydrogen-bond acceptors (Lipinski definition) is 3. The number of carbonyl (C=O) groups is 1. The molecule has 0 saturated carbocycles. The van der Waals surface area contributed by atoms with E-state index in [2.05, 4.69) is 22.3 Å². The smallest absolute Gasteiger partial charge is 0.251 e. The van der Waals surface area contributed by atoms with Gasteiger partial charge in [0, 0.05) is 29.9 Å². The molecule has 0 saturated heterocycles. The summed E-state index contributed by atoms with van der Waals surface area (Å²) in [5.41, 5.74) is 3.97. The van der Waals surface area contributed by atoms with Crippen LogP contribution in [-0.2, 0) is 13.1 Å². The van der Waals surface area contributed by atoms with Crippen LogP contribution in [0.3, 0.4) is 0 Å². The molecule has 0 fully saturated rings. The fourth-order valence-electron chi connectivity index (χ4n) is 3.25. The van der Waals surface area contributed by atoms with Crippen LogP contribution in [0.15, 0.2) is 78.9 Å². The lowest BCUT2D eigenvalue weighted by Crippen LogP contribution is -2.25. The van der Waals surface area contributed by atoms with Crippen molar-refractivity contribution >= 4 is 11.6 Å². The number of amides is 1. The third-order valence-electron chi connectivity index (χ3n) is 4.73. The second kappa shape index (κ2) is 7.96. The van der Waals surface area contributed by atoms with Gasteiger partial charge in [0.15, 0.2) is 0 Å². The lowest BCUT2D eigenvalue weighted by atomic mass is 10.1. The third-order valence-corrected chi connectivity index (χ3v) is 4.73. The highest BCUT2D eigenvalue weighted by Gasteiger charge is 2.17. The standard InChI is InChI=1S/C23H22N2O2/c26-23(24-16-18-7-3-1-4-8-18)19-11-12-20-17-25(13-14-27-22(20)15-19)21-9-5-2-6-10-21/h1-12,15H,13-14,16-17H2,(H,24,26). The molecule has 1 aliphatic heterocycles. The van der Waals surface area contributed by atoms with Gasteiger partial charge in [-0.2, -0.15) is 0 Å². The summed E-state index contributed by atoms with van der Waals surface area (Å²) in [4.78, 5) is 14.8. The van der Waals surface area contributed by atoms with E-state index in [0.29, 0.717) is 18.7 Å². The van der Waals surface area contributed by atoms with Gasteiger partial charge in [-0.1, -0.05) is 54.6 Å². The predicted molar refractivity (Wildman–Crippen MR) is 107 cm³/mol. The van der Waals surface area contributed by atoms with Crippen molar-refractivity contribution in [3.8, 4) is 5.75 Å². The second-order valence-electron chi connectivity index (χ2n) is 6.60. The monoisotopic (exact) mass is 358 g/mol. The Bertz CT molecular complexity index is 910. The maximum absolute atomic E-state index is 12.5. The first-order valence-electron chi connectivity index (χ1n) is 9.17. The topological polar surface area (TPSA) is 41.6 Å². The van der Waals surface area contributed by atoms with E-state index in [1.165, 1.54) is 5.69 Å². The average molecular weight is 358 g/mol. The lowest BCUT2D eigenvalue weighted by Gasteiger charge is -2.21. The fourth-order valence-corrected chi connectivity index (χ4v) is 3.25. The highest BCUT2D eigenvalue weighted by molar-refractivity contribution is 5.94. The molecule has 3 aromatic rings. The summed E-state index contributed by atoms with van der Waals surface area (Å²) in [6.45, 7) is 2.69. The van der Waals surface area contributed by atoms with Gasteiger partial charge in [0.05, 0.1) is 6.54 Å². The minimum atomic E-state index is -0.0885. The number of benzene rings is 3. The molecular formula is C23H22N2O2. The molecule has 1 N–H and O–H groups in total. The number of fused-ring (bicyclic) bond motifs is 1. The van der Waals surface area contributed by atoms with Crippen LogP contribution in [0.25, 0.3) is 0 Å². The van der Waals surface area contributed by atoms with Crippen LogP contribution in [0.2, 0.25) is 0 Å². The first kappa shape index (κ1) is 17.2. The fraction of sp³-hybridized carbons (Fsp3) is 0.174. The average Bonchev–Trinajstić information content (AvgIpc) is 2.95. The van der Waals surface area contributed by atoms with Crippen LogP contribution >= 0.6 is 0 Å².